The van der Waals surface area contributed by atoms with E-state index in [2.05, 4.69) is 36.1 Å². The first-order valence-electron chi connectivity index (χ1n) is 8.88. The van der Waals surface area contributed by atoms with Crippen molar-refractivity contribution >= 4 is 28.9 Å². The summed E-state index contributed by atoms with van der Waals surface area (Å²) in [4.78, 5) is 4.05. The summed E-state index contributed by atoms with van der Waals surface area (Å²) in [5.41, 5.74) is 2.85. The third-order valence-electron chi connectivity index (χ3n) is 4.78. The third-order valence-corrected chi connectivity index (χ3v) is 5.35. The maximum absolute atomic E-state index is 10.6. The monoisotopic (exact) mass is 394 g/mol. The normalized spacial score (nSPS) is 13.7. The number of halogens is 2. The van der Waals surface area contributed by atoms with Crippen LogP contribution in [-0.4, -0.2) is 43.7 Å². The highest BCUT2D eigenvalue weighted by Crippen LogP contribution is 2.35. The molecule has 2 rings (SSSR count). The molecule has 0 aromatic heterocycles. The Bertz CT molecular complexity index is 683. The number of hydrogen-bond donors (Lipinski definition) is 1. The van der Waals surface area contributed by atoms with Crippen LogP contribution in [0.1, 0.15) is 30.6 Å². The van der Waals surface area contributed by atoms with Crippen molar-refractivity contribution in [3.63, 3.8) is 0 Å². The second-order valence-electron chi connectivity index (χ2n) is 7.06. The van der Waals surface area contributed by atoms with Gasteiger partial charge in [-0.15, -0.1) is 0 Å². The SMILES string of the molecule is CC(CCc1ccccc1)N(C)CC(O)c1cc(Cl)c(N(C)C)c(Cl)c1. The molecule has 26 heavy (non-hydrogen) atoms. The Labute approximate surface area is 167 Å². The molecule has 2 aromatic carbocycles. The van der Waals surface area contributed by atoms with Gasteiger partial charge in [0.05, 0.1) is 21.8 Å². The minimum Gasteiger partial charge on any atom is -0.387 e. The Balaban J connectivity index is 1.96. The lowest BCUT2D eigenvalue weighted by Gasteiger charge is -2.28. The van der Waals surface area contributed by atoms with Crippen molar-refractivity contribution in [2.45, 2.75) is 31.9 Å². The van der Waals surface area contributed by atoms with Gasteiger partial charge in [-0.05, 0) is 50.1 Å². The van der Waals surface area contributed by atoms with Gasteiger partial charge >= 0.3 is 0 Å². The number of hydrogen-bond acceptors (Lipinski definition) is 3. The van der Waals surface area contributed by atoms with Crippen LogP contribution in [0.5, 0.6) is 0 Å². The van der Waals surface area contributed by atoms with Crippen molar-refractivity contribution in [3.8, 4) is 0 Å². The van der Waals surface area contributed by atoms with Gasteiger partial charge in [0.25, 0.3) is 0 Å². The fourth-order valence-corrected chi connectivity index (χ4v) is 3.85. The third kappa shape index (κ3) is 5.62. The topological polar surface area (TPSA) is 26.7 Å². The Kier molecular flexibility index (Phi) is 7.78. The van der Waals surface area contributed by atoms with E-state index >= 15 is 0 Å². The van der Waals surface area contributed by atoms with Gasteiger partial charge in [0, 0.05) is 26.7 Å². The highest BCUT2D eigenvalue weighted by molar-refractivity contribution is 6.39. The molecule has 2 unspecified atom stereocenters. The summed E-state index contributed by atoms with van der Waals surface area (Å²) in [6, 6.07) is 14.4. The molecule has 5 heteroatoms. The minimum absolute atomic E-state index is 0.358. The summed E-state index contributed by atoms with van der Waals surface area (Å²) in [5.74, 6) is 0. The maximum Gasteiger partial charge on any atom is 0.0917 e. The van der Waals surface area contributed by atoms with E-state index in [4.69, 9.17) is 23.2 Å². The smallest absolute Gasteiger partial charge is 0.0917 e. The van der Waals surface area contributed by atoms with Crippen molar-refractivity contribution in [3.05, 3.63) is 63.6 Å². The molecule has 0 aliphatic heterocycles. The lowest BCUT2D eigenvalue weighted by molar-refractivity contribution is 0.106. The molecule has 0 saturated carbocycles. The molecule has 0 heterocycles. The molecule has 142 valence electrons. The highest BCUT2D eigenvalue weighted by atomic mass is 35.5. The van der Waals surface area contributed by atoms with Crippen molar-refractivity contribution < 1.29 is 5.11 Å². The Morgan fingerprint density at radius 3 is 2.12 bits per heavy atom. The highest BCUT2D eigenvalue weighted by Gasteiger charge is 2.18. The Morgan fingerprint density at radius 2 is 1.58 bits per heavy atom. The van der Waals surface area contributed by atoms with Gasteiger partial charge in [0.2, 0.25) is 0 Å². The van der Waals surface area contributed by atoms with Crippen LogP contribution in [0.15, 0.2) is 42.5 Å². The number of likely N-dealkylation sites (N-methyl/N-ethyl adjacent to an activating group) is 1. The number of aryl methyl sites for hydroxylation is 1. The van der Waals surface area contributed by atoms with Crippen LogP contribution in [0, 0.1) is 0 Å². The molecule has 0 bridgehead atoms. The van der Waals surface area contributed by atoms with Crippen LogP contribution in [0.2, 0.25) is 10.0 Å². The van der Waals surface area contributed by atoms with Crippen LogP contribution in [0.3, 0.4) is 0 Å². The van der Waals surface area contributed by atoms with E-state index in [-0.39, 0.29) is 0 Å². The number of aliphatic hydroxyl groups excluding tert-OH is 1. The van der Waals surface area contributed by atoms with Gasteiger partial charge in [-0.2, -0.15) is 0 Å². The molecule has 2 aromatic rings. The predicted molar refractivity (Wildman–Crippen MR) is 113 cm³/mol. The fraction of sp³-hybridized carbons (Fsp3) is 0.429. The van der Waals surface area contributed by atoms with E-state index < -0.39 is 6.10 Å². The largest absolute Gasteiger partial charge is 0.387 e. The second-order valence-corrected chi connectivity index (χ2v) is 7.87. The van der Waals surface area contributed by atoms with Crippen molar-refractivity contribution in [1.29, 1.82) is 0 Å². The average Bonchev–Trinajstić information content (AvgIpc) is 2.59. The van der Waals surface area contributed by atoms with Gasteiger partial charge in [-0.25, -0.2) is 0 Å². The summed E-state index contributed by atoms with van der Waals surface area (Å²) in [7, 11) is 5.83. The predicted octanol–water partition coefficient (Wildman–Crippen LogP) is 5.05. The maximum atomic E-state index is 10.6. The van der Waals surface area contributed by atoms with Gasteiger partial charge in [-0.3, -0.25) is 0 Å². The van der Waals surface area contributed by atoms with E-state index in [1.165, 1.54) is 5.56 Å². The fourth-order valence-electron chi connectivity index (χ4n) is 3.00. The van der Waals surface area contributed by atoms with E-state index in [9.17, 15) is 5.11 Å². The molecule has 0 saturated heterocycles. The summed E-state index contributed by atoms with van der Waals surface area (Å²) in [5, 5.41) is 11.7. The van der Waals surface area contributed by atoms with Gasteiger partial charge in [0.15, 0.2) is 0 Å². The quantitative estimate of drug-likeness (QED) is 0.678. The number of benzene rings is 2. The molecular weight excluding hydrogens is 367 g/mol. The summed E-state index contributed by atoms with van der Waals surface area (Å²) < 4.78 is 0. The van der Waals surface area contributed by atoms with E-state index in [1.807, 2.05) is 32.1 Å². The number of rotatable bonds is 8. The van der Waals surface area contributed by atoms with Crippen LogP contribution < -0.4 is 4.90 Å². The molecular formula is C21H28Cl2N2O. The first-order chi connectivity index (χ1) is 12.3. The van der Waals surface area contributed by atoms with Crippen molar-refractivity contribution in [2.75, 3.05) is 32.6 Å². The molecule has 0 aliphatic carbocycles. The molecule has 3 nitrogen and oxygen atoms in total. The van der Waals surface area contributed by atoms with Gasteiger partial charge < -0.3 is 14.9 Å². The number of anilines is 1. The standard InChI is InChI=1S/C21H28Cl2N2O/c1-15(10-11-16-8-6-5-7-9-16)25(4)14-20(26)17-12-18(22)21(24(2)3)19(23)13-17/h5-9,12-13,15,20,26H,10-11,14H2,1-4H3. The van der Waals surface area contributed by atoms with Crippen molar-refractivity contribution in [1.82, 2.24) is 4.90 Å². The van der Waals surface area contributed by atoms with Gasteiger partial charge in [-0.1, -0.05) is 53.5 Å². The van der Waals surface area contributed by atoms with E-state index in [0.29, 0.717) is 22.6 Å². The minimum atomic E-state index is -0.634. The zero-order chi connectivity index (χ0) is 19.3. The zero-order valence-electron chi connectivity index (χ0n) is 15.9. The van der Waals surface area contributed by atoms with Crippen LogP contribution in [0.25, 0.3) is 0 Å². The van der Waals surface area contributed by atoms with E-state index in [0.717, 1.165) is 24.1 Å². The van der Waals surface area contributed by atoms with Crippen molar-refractivity contribution in [2.24, 2.45) is 0 Å². The first-order valence-corrected chi connectivity index (χ1v) is 9.63. The molecule has 1 N–H and O–H groups in total. The van der Waals surface area contributed by atoms with E-state index in [1.54, 1.807) is 12.1 Å². The molecule has 0 fully saturated rings. The lowest BCUT2D eigenvalue weighted by Crippen LogP contribution is -2.33. The Hall–Kier alpha value is -1.26. The zero-order valence-corrected chi connectivity index (χ0v) is 17.4. The first kappa shape index (κ1) is 21.0. The van der Waals surface area contributed by atoms with Crippen LogP contribution >= 0.6 is 23.2 Å². The molecule has 0 radical (unpaired) electrons. The molecule has 2 atom stereocenters. The van der Waals surface area contributed by atoms with Crippen LogP contribution in [-0.2, 0) is 6.42 Å². The lowest BCUT2D eigenvalue weighted by atomic mass is 10.0. The second kappa shape index (κ2) is 9.61. The molecule has 0 spiro atoms. The summed E-state index contributed by atoms with van der Waals surface area (Å²) >= 11 is 12.7. The number of aliphatic hydroxyl groups is 1. The summed E-state index contributed by atoms with van der Waals surface area (Å²) in [6.07, 6.45) is 1.43. The molecule has 0 amide bonds. The number of nitrogens with zero attached hydrogens (tertiary/aromatic N) is 2. The van der Waals surface area contributed by atoms with Crippen LogP contribution in [0.4, 0.5) is 5.69 Å². The van der Waals surface area contributed by atoms with Gasteiger partial charge in [0.1, 0.15) is 0 Å². The summed E-state index contributed by atoms with van der Waals surface area (Å²) in [6.45, 7) is 2.72. The average molecular weight is 395 g/mol. The molecule has 0 aliphatic rings. The Morgan fingerprint density at radius 1 is 1.00 bits per heavy atom.